The first-order chi connectivity index (χ1) is 11.4. The molecule has 0 spiro atoms. The number of nitrogens with zero attached hydrogens (tertiary/aromatic N) is 1. The molecule has 8 heteroatoms. The van der Waals surface area contributed by atoms with Gasteiger partial charge in [-0.15, -0.1) is 0 Å². The summed E-state index contributed by atoms with van der Waals surface area (Å²) < 4.78 is 38.7. The molecule has 24 heavy (non-hydrogen) atoms. The molecular formula is C16H22N2O5S. The summed E-state index contributed by atoms with van der Waals surface area (Å²) >= 11 is 0. The Kier molecular flexibility index (Phi) is 4.80. The van der Waals surface area contributed by atoms with Gasteiger partial charge in [-0.3, -0.25) is 4.79 Å². The van der Waals surface area contributed by atoms with Crippen molar-refractivity contribution in [2.45, 2.75) is 43.8 Å². The van der Waals surface area contributed by atoms with E-state index in [1.54, 1.807) is 11.0 Å². The molecule has 0 radical (unpaired) electrons. The quantitative estimate of drug-likeness (QED) is 0.880. The fourth-order valence-corrected chi connectivity index (χ4v) is 4.06. The number of anilines is 1. The van der Waals surface area contributed by atoms with Crippen LogP contribution in [0.25, 0.3) is 0 Å². The lowest BCUT2D eigenvalue weighted by Crippen LogP contribution is -2.41. The standard InChI is InChI=1S/C16H22N2O5S/c1-11-10-18(12(2)19)15-8-14(5-6-16(15)23-11)24(20,21)17-9-13-4-3-7-22-13/h5-6,8,11,13,17H,3-4,7,9-10H2,1-2H3. The van der Waals surface area contributed by atoms with Gasteiger partial charge < -0.3 is 14.4 Å². The number of fused-ring (bicyclic) bond motifs is 1. The number of sulfonamides is 1. The molecule has 1 aromatic carbocycles. The number of hydrogen-bond donors (Lipinski definition) is 1. The van der Waals surface area contributed by atoms with Crippen LogP contribution in [0.3, 0.4) is 0 Å². The van der Waals surface area contributed by atoms with Crippen LogP contribution in [-0.2, 0) is 19.6 Å². The summed E-state index contributed by atoms with van der Waals surface area (Å²) in [5.74, 6) is 0.371. The summed E-state index contributed by atoms with van der Waals surface area (Å²) in [5.41, 5.74) is 0.487. The molecule has 0 bridgehead atoms. The van der Waals surface area contributed by atoms with Crippen LogP contribution < -0.4 is 14.4 Å². The number of carbonyl (C=O) groups excluding carboxylic acids is 1. The van der Waals surface area contributed by atoms with Crippen molar-refractivity contribution in [2.24, 2.45) is 0 Å². The van der Waals surface area contributed by atoms with Gasteiger partial charge in [-0.2, -0.15) is 0 Å². The van der Waals surface area contributed by atoms with Crippen molar-refractivity contribution in [2.75, 3.05) is 24.6 Å². The Hall–Kier alpha value is -1.64. The van der Waals surface area contributed by atoms with Crippen LogP contribution in [0.5, 0.6) is 5.75 Å². The van der Waals surface area contributed by atoms with Gasteiger partial charge >= 0.3 is 0 Å². The third-order valence-electron chi connectivity index (χ3n) is 4.20. The van der Waals surface area contributed by atoms with Crippen molar-refractivity contribution >= 4 is 21.6 Å². The number of amides is 1. The molecular weight excluding hydrogens is 332 g/mol. The number of rotatable bonds is 4. The predicted molar refractivity (Wildman–Crippen MR) is 88.7 cm³/mol. The van der Waals surface area contributed by atoms with E-state index in [-0.39, 0.29) is 29.6 Å². The van der Waals surface area contributed by atoms with Crippen molar-refractivity contribution in [3.63, 3.8) is 0 Å². The first-order valence-corrected chi connectivity index (χ1v) is 9.55. The van der Waals surface area contributed by atoms with Gasteiger partial charge in [0.2, 0.25) is 15.9 Å². The van der Waals surface area contributed by atoms with Crippen molar-refractivity contribution in [3.05, 3.63) is 18.2 Å². The predicted octanol–water partition coefficient (Wildman–Crippen LogP) is 1.28. The van der Waals surface area contributed by atoms with Crippen molar-refractivity contribution in [3.8, 4) is 5.75 Å². The summed E-state index contributed by atoms with van der Waals surface area (Å²) in [4.78, 5) is 13.5. The van der Waals surface area contributed by atoms with Crippen molar-refractivity contribution in [1.29, 1.82) is 0 Å². The number of nitrogens with one attached hydrogen (secondary N) is 1. The zero-order valence-electron chi connectivity index (χ0n) is 13.8. The Bertz CT molecular complexity index is 728. The second-order valence-corrected chi connectivity index (χ2v) is 7.94. The lowest BCUT2D eigenvalue weighted by molar-refractivity contribution is -0.117. The molecule has 0 saturated carbocycles. The zero-order chi connectivity index (χ0) is 17.3. The van der Waals surface area contributed by atoms with Gasteiger partial charge in [0, 0.05) is 20.1 Å². The van der Waals surface area contributed by atoms with E-state index in [2.05, 4.69) is 4.72 Å². The number of benzene rings is 1. The molecule has 1 N–H and O–H groups in total. The molecule has 2 unspecified atom stereocenters. The van der Waals surface area contributed by atoms with Gasteiger partial charge in [-0.05, 0) is 38.0 Å². The summed E-state index contributed by atoms with van der Waals surface area (Å²) in [5, 5.41) is 0. The van der Waals surface area contributed by atoms with E-state index in [4.69, 9.17) is 9.47 Å². The SMILES string of the molecule is CC(=O)N1CC(C)Oc2ccc(S(=O)(=O)NCC3CCCO3)cc21. The topological polar surface area (TPSA) is 84.9 Å². The van der Waals surface area contributed by atoms with Crippen molar-refractivity contribution < 1.29 is 22.7 Å². The molecule has 1 fully saturated rings. The lowest BCUT2D eigenvalue weighted by Gasteiger charge is -2.33. The van der Waals surface area contributed by atoms with Gasteiger partial charge in [0.05, 0.1) is 23.2 Å². The fourth-order valence-electron chi connectivity index (χ4n) is 2.97. The maximum Gasteiger partial charge on any atom is 0.240 e. The number of carbonyl (C=O) groups is 1. The Morgan fingerprint density at radius 2 is 2.21 bits per heavy atom. The third-order valence-corrected chi connectivity index (χ3v) is 5.63. The minimum absolute atomic E-state index is 0.0738. The van der Waals surface area contributed by atoms with Crippen LogP contribution >= 0.6 is 0 Å². The van der Waals surface area contributed by atoms with E-state index < -0.39 is 10.0 Å². The lowest BCUT2D eigenvalue weighted by atomic mass is 10.2. The van der Waals surface area contributed by atoms with E-state index in [9.17, 15) is 13.2 Å². The van der Waals surface area contributed by atoms with Gasteiger partial charge in [0.1, 0.15) is 11.9 Å². The molecule has 2 aliphatic heterocycles. The van der Waals surface area contributed by atoms with E-state index >= 15 is 0 Å². The molecule has 1 amide bonds. The van der Waals surface area contributed by atoms with Crippen LogP contribution in [0.15, 0.2) is 23.1 Å². The second-order valence-electron chi connectivity index (χ2n) is 6.17. The summed E-state index contributed by atoms with van der Waals surface area (Å²) in [6.07, 6.45) is 1.60. The average Bonchev–Trinajstić information content (AvgIpc) is 3.05. The fraction of sp³-hybridized carbons (Fsp3) is 0.562. The molecule has 2 heterocycles. The smallest absolute Gasteiger partial charge is 0.240 e. The van der Waals surface area contributed by atoms with Gasteiger partial charge in [-0.1, -0.05) is 0 Å². The monoisotopic (exact) mass is 354 g/mol. The molecule has 0 aliphatic carbocycles. The van der Waals surface area contributed by atoms with Crippen LogP contribution in [0, 0.1) is 0 Å². The number of ether oxygens (including phenoxy) is 2. The Morgan fingerprint density at radius 3 is 2.88 bits per heavy atom. The Balaban J connectivity index is 1.83. The van der Waals surface area contributed by atoms with E-state index in [0.29, 0.717) is 24.6 Å². The average molecular weight is 354 g/mol. The number of hydrogen-bond acceptors (Lipinski definition) is 5. The molecule has 7 nitrogen and oxygen atoms in total. The zero-order valence-corrected chi connectivity index (χ0v) is 14.6. The van der Waals surface area contributed by atoms with Gasteiger partial charge in [-0.25, -0.2) is 13.1 Å². The van der Waals surface area contributed by atoms with Crippen LogP contribution in [-0.4, -0.2) is 46.2 Å². The second kappa shape index (κ2) is 6.70. The molecule has 132 valence electrons. The van der Waals surface area contributed by atoms with Gasteiger partial charge in [0.25, 0.3) is 0 Å². The van der Waals surface area contributed by atoms with Gasteiger partial charge in [0.15, 0.2) is 0 Å². The summed E-state index contributed by atoms with van der Waals surface area (Å²) in [6.45, 7) is 4.65. The van der Waals surface area contributed by atoms with Crippen LogP contribution in [0.2, 0.25) is 0 Å². The van der Waals surface area contributed by atoms with Crippen molar-refractivity contribution in [1.82, 2.24) is 4.72 Å². The third kappa shape index (κ3) is 3.55. The molecule has 3 rings (SSSR count). The molecule has 2 aliphatic rings. The van der Waals surface area contributed by atoms with E-state index in [1.165, 1.54) is 19.1 Å². The molecule has 0 aromatic heterocycles. The first kappa shape index (κ1) is 17.2. The molecule has 1 aromatic rings. The highest BCUT2D eigenvalue weighted by molar-refractivity contribution is 7.89. The minimum Gasteiger partial charge on any atom is -0.487 e. The first-order valence-electron chi connectivity index (χ1n) is 8.07. The van der Waals surface area contributed by atoms with E-state index in [1.807, 2.05) is 6.92 Å². The van der Waals surface area contributed by atoms with Crippen LogP contribution in [0.1, 0.15) is 26.7 Å². The molecule has 2 atom stereocenters. The largest absolute Gasteiger partial charge is 0.487 e. The molecule has 1 saturated heterocycles. The maximum atomic E-state index is 12.5. The normalized spacial score (nSPS) is 23.7. The Labute approximate surface area is 142 Å². The van der Waals surface area contributed by atoms with Crippen LogP contribution in [0.4, 0.5) is 5.69 Å². The minimum atomic E-state index is -3.67. The Morgan fingerprint density at radius 1 is 1.42 bits per heavy atom. The summed E-state index contributed by atoms with van der Waals surface area (Å²) in [6, 6.07) is 4.58. The van der Waals surface area contributed by atoms with E-state index in [0.717, 1.165) is 12.8 Å². The highest BCUT2D eigenvalue weighted by Crippen LogP contribution is 2.35. The highest BCUT2D eigenvalue weighted by Gasteiger charge is 2.28. The highest BCUT2D eigenvalue weighted by atomic mass is 32.2. The summed E-state index contributed by atoms with van der Waals surface area (Å²) in [7, 11) is -3.67. The maximum absolute atomic E-state index is 12.5.